The Morgan fingerprint density at radius 2 is 2.00 bits per heavy atom. The van der Waals surface area contributed by atoms with Crippen molar-refractivity contribution in [3.05, 3.63) is 31.3 Å². The quantitative estimate of drug-likeness (QED) is 0.665. The van der Waals surface area contributed by atoms with Crippen LogP contribution in [0.15, 0.2) is 16.6 Å². The third-order valence-corrected chi connectivity index (χ3v) is 4.47. The van der Waals surface area contributed by atoms with Crippen LogP contribution in [0.5, 0.6) is 0 Å². The van der Waals surface area contributed by atoms with Gasteiger partial charge in [0, 0.05) is 13.6 Å². The van der Waals surface area contributed by atoms with Crippen molar-refractivity contribution in [1.82, 2.24) is 0 Å². The van der Waals surface area contributed by atoms with Gasteiger partial charge in [-0.25, -0.2) is 8.78 Å². The predicted octanol–water partition coefficient (Wildman–Crippen LogP) is 4.30. The van der Waals surface area contributed by atoms with Crippen LogP contribution in [0.4, 0.5) is 8.78 Å². The molecular weight excluding hydrogens is 341 g/mol. The van der Waals surface area contributed by atoms with Crippen LogP contribution in [0.1, 0.15) is 17.6 Å². The molecule has 0 aromatic heterocycles. The largest absolute Gasteiger partial charge is 0.264 e. The van der Waals surface area contributed by atoms with Gasteiger partial charge in [-0.05, 0) is 51.0 Å². The Labute approximate surface area is 91.6 Å². The average molecular weight is 347 g/mol. The third kappa shape index (κ3) is 1.96. The molecule has 4 heteroatoms. The summed E-state index contributed by atoms with van der Waals surface area (Å²) in [5.74, 6) is 0. The van der Waals surface area contributed by atoms with Crippen molar-refractivity contribution in [3.63, 3.8) is 0 Å². The molecule has 0 amide bonds. The van der Waals surface area contributed by atoms with Gasteiger partial charge in [-0.3, -0.25) is 0 Å². The highest BCUT2D eigenvalue weighted by molar-refractivity contribution is 14.1. The minimum atomic E-state index is -2.39. The molecule has 0 saturated heterocycles. The molecule has 0 spiro atoms. The van der Waals surface area contributed by atoms with Gasteiger partial charge < -0.3 is 0 Å². The minimum absolute atomic E-state index is 0.0908. The standard InChI is InChI=1S/C8H6BrF2I/c1-4-2-3-5(8(10)11)7(12)6(4)9/h2-3,8H,1H3. The lowest BCUT2D eigenvalue weighted by Gasteiger charge is -2.06. The van der Waals surface area contributed by atoms with Crippen molar-refractivity contribution in [3.8, 4) is 0 Å². The summed E-state index contributed by atoms with van der Waals surface area (Å²) in [6.45, 7) is 1.88. The van der Waals surface area contributed by atoms with E-state index in [1.165, 1.54) is 6.07 Å². The van der Waals surface area contributed by atoms with Gasteiger partial charge in [0.15, 0.2) is 0 Å². The number of alkyl halides is 2. The van der Waals surface area contributed by atoms with Crippen LogP contribution >= 0.6 is 38.5 Å². The van der Waals surface area contributed by atoms with Gasteiger partial charge in [0.1, 0.15) is 0 Å². The highest BCUT2D eigenvalue weighted by Gasteiger charge is 2.14. The van der Waals surface area contributed by atoms with Crippen LogP contribution in [0, 0.1) is 10.5 Å². The molecule has 0 fully saturated rings. The topological polar surface area (TPSA) is 0 Å². The van der Waals surface area contributed by atoms with Crippen LogP contribution in [-0.4, -0.2) is 0 Å². The first kappa shape index (κ1) is 10.4. The first-order valence-corrected chi connectivity index (χ1v) is 5.14. The molecule has 0 aliphatic carbocycles. The van der Waals surface area contributed by atoms with E-state index in [4.69, 9.17) is 0 Å². The Morgan fingerprint density at radius 1 is 1.42 bits per heavy atom. The second-order valence-electron chi connectivity index (χ2n) is 2.40. The van der Waals surface area contributed by atoms with E-state index in [2.05, 4.69) is 15.9 Å². The van der Waals surface area contributed by atoms with Crippen LogP contribution in [-0.2, 0) is 0 Å². The van der Waals surface area contributed by atoms with Crippen LogP contribution in [0.3, 0.4) is 0 Å². The predicted molar refractivity (Wildman–Crippen MR) is 56.6 cm³/mol. The lowest BCUT2D eigenvalue weighted by molar-refractivity contribution is 0.150. The number of halogens is 4. The van der Waals surface area contributed by atoms with Gasteiger partial charge >= 0.3 is 0 Å². The fourth-order valence-electron chi connectivity index (χ4n) is 0.829. The Hall–Kier alpha value is 0.290. The zero-order valence-electron chi connectivity index (χ0n) is 6.24. The molecule has 0 aliphatic rings. The van der Waals surface area contributed by atoms with Crippen molar-refractivity contribution in [2.45, 2.75) is 13.3 Å². The number of hydrogen-bond donors (Lipinski definition) is 0. The molecule has 1 aromatic carbocycles. The molecule has 1 aromatic rings. The molecule has 0 unspecified atom stereocenters. The molecule has 0 heterocycles. The van der Waals surface area contributed by atoms with Gasteiger partial charge in [0.2, 0.25) is 0 Å². The molecule has 0 N–H and O–H groups in total. The summed E-state index contributed by atoms with van der Waals surface area (Å²) in [6.07, 6.45) is -2.39. The second-order valence-corrected chi connectivity index (χ2v) is 4.27. The zero-order chi connectivity index (χ0) is 9.30. The Morgan fingerprint density at radius 3 is 2.50 bits per heavy atom. The fourth-order valence-corrected chi connectivity index (χ4v) is 2.03. The Bertz CT molecular complexity index is 299. The highest BCUT2D eigenvalue weighted by Crippen LogP contribution is 2.31. The second kappa shape index (κ2) is 4.00. The van der Waals surface area contributed by atoms with E-state index in [-0.39, 0.29) is 5.56 Å². The number of hydrogen-bond acceptors (Lipinski definition) is 0. The monoisotopic (exact) mass is 346 g/mol. The van der Waals surface area contributed by atoms with E-state index in [0.717, 1.165) is 10.0 Å². The third-order valence-electron chi connectivity index (χ3n) is 1.54. The summed E-state index contributed by atoms with van der Waals surface area (Å²) < 4.78 is 26.0. The van der Waals surface area contributed by atoms with E-state index >= 15 is 0 Å². The smallest absolute Gasteiger partial charge is 0.205 e. The van der Waals surface area contributed by atoms with Crippen molar-refractivity contribution < 1.29 is 8.78 Å². The number of aryl methyl sites for hydroxylation is 1. The molecule has 0 saturated carbocycles. The van der Waals surface area contributed by atoms with E-state index < -0.39 is 6.43 Å². The van der Waals surface area contributed by atoms with Gasteiger partial charge in [0.25, 0.3) is 6.43 Å². The van der Waals surface area contributed by atoms with Crippen LogP contribution in [0.25, 0.3) is 0 Å². The summed E-state index contributed by atoms with van der Waals surface area (Å²) in [6, 6.07) is 3.15. The van der Waals surface area contributed by atoms with E-state index in [9.17, 15) is 8.78 Å². The first-order chi connectivity index (χ1) is 5.54. The van der Waals surface area contributed by atoms with E-state index in [1.807, 2.05) is 29.5 Å². The van der Waals surface area contributed by atoms with Crippen molar-refractivity contribution in [1.29, 1.82) is 0 Å². The Kier molecular flexibility index (Phi) is 3.46. The fraction of sp³-hybridized carbons (Fsp3) is 0.250. The maximum atomic E-state index is 12.3. The summed E-state index contributed by atoms with van der Waals surface area (Å²) in [7, 11) is 0. The minimum Gasteiger partial charge on any atom is -0.205 e. The summed E-state index contributed by atoms with van der Waals surface area (Å²) in [4.78, 5) is 0. The number of rotatable bonds is 1. The first-order valence-electron chi connectivity index (χ1n) is 3.26. The molecule has 0 bridgehead atoms. The number of benzene rings is 1. The summed E-state index contributed by atoms with van der Waals surface area (Å²) >= 11 is 5.18. The van der Waals surface area contributed by atoms with Gasteiger partial charge in [-0.2, -0.15) is 0 Å². The maximum Gasteiger partial charge on any atom is 0.264 e. The van der Waals surface area contributed by atoms with E-state index in [1.54, 1.807) is 6.07 Å². The normalized spacial score (nSPS) is 10.8. The molecule has 0 radical (unpaired) electrons. The molecule has 0 aliphatic heterocycles. The zero-order valence-corrected chi connectivity index (χ0v) is 9.99. The highest BCUT2D eigenvalue weighted by atomic mass is 127. The lowest BCUT2D eigenvalue weighted by atomic mass is 10.2. The van der Waals surface area contributed by atoms with Crippen molar-refractivity contribution in [2.75, 3.05) is 0 Å². The van der Waals surface area contributed by atoms with Gasteiger partial charge in [-0.1, -0.05) is 12.1 Å². The maximum absolute atomic E-state index is 12.3. The molecular formula is C8H6BrF2I. The molecule has 66 valence electrons. The van der Waals surface area contributed by atoms with Crippen molar-refractivity contribution >= 4 is 38.5 Å². The summed E-state index contributed by atoms with van der Waals surface area (Å²) in [5.41, 5.74) is 1.07. The molecule has 0 nitrogen and oxygen atoms in total. The lowest BCUT2D eigenvalue weighted by Crippen LogP contribution is -1.91. The Balaban J connectivity index is 3.27. The molecule has 1 rings (SSSR count). The SMILES string of the molecule is Cc1ccc(C(F)F)c(I)c1Br. The summed E-state index contributed by atoms with van der Waals surface area (Å²) in [5, 5.41) is 0. The van der Waals surface area contributed by atoms with Crippen molar-refractivity contribution in [2.24, 2.45) is 0 Å². The average Bonchev–Trinajstić information content (AvgIpc) is 2.00. The molecule has 12 heavy (non-hydrogen) atoms. The van der Waals surface area contributed by atoms with E-state index in [0.29, 0.717) is 3.57 Å². The van der Waals surface area contributed by atoms with Crippen LogP contribution < -0.4 is 0 Å². The molecule has 0 atom stereocenters. The van der Waals surface area contributed by atoms with Crippen LogP contribution in [0.2, 0.25) is 0 Å². The van der Waals surface area contributed by atoms with Gasteiger partial charge in [0.05, 0.1) is 0 Å². The van der Waals surface area contributed by atoms with Gasteiger partial charge in [-0.15, -0.1) is 0 Å².